The van der Waals surface area contributed by atoms with Crippen LogP contribution in [-0.2, 0) is 6.54 Å². The van der Waals surface area contributed by atoms with Gasteiger partial charge in [0.25, 0.3) is 0 Å². The van der Waals surface area contributed by atoms with Crippen LogP contribution in [-0.4, -0.2) is 43.0 Å². The van der Waals surface area contributed by atoms with Crippen LogP contribution in [0.2, 0.25) is 0 Å². The number of nitriles is 2. The molecule has 0 spiro atoms. The van der Waals surface area contributed by atoms with Crippen LogP contribution in [0.25, 0.3) is 0 Å². The SMILES string of the molecule is CNC(=C(C#N)C#N)N1CCN(Cc2ccc(F)cc2)CC1. The number of nitrogens with one attached hydrogen (secondary N) is 1. The number of rotatable bonds is 4. The maximum atomic E-state index is 12.9. The first-order valence-electron chi connectivity index (χ1n) is 7.12. The Balaban J connectivity index is 1.96. The van der Waals surface area contributed by atoms with Gasteiger partial charge in [0.05, 0.1) is 0 Å². The zero-order valence-corrected chi connectivity index (χ0v) is 12.5. The van der Waals surface area contributed by atoms with Crippen molar-refractivity contribution in [1.29, 1.82) is 10.5 Å². The highest BCUT2D eigenvalue weighted by atomic mass is 19.1. The van der Waals surface area contributed by atoms with Gasteiger partial charge in [0.15, 0.2) is 5.57 Å². The molecule has 1 aliphatic heterocycles. The molecule has 5 nitrogen and oxygen atoms in total. The summed E-state index contributed by atoms with van der Waals surface area (Å²) < 4.78 is 12.9. The van der Waals surface area contributed by atoms with Gasteiger partial charge in [-0.15, -0.1) is 0 Å². The van der Waals surface area contributed by atoms with Crippen LogP contribution in [0.15, 0.2) is 35.7 Å². The number of hydrogen-bond acceptors (Lipinski definition) is 5. The summed E-state index contributed by atoms with van der Waals surface area (Å²) in [6, 6.07) is 10.4. The molecule has 1 N–H and O–H groups in total. The average molecular weight is 299 g/mol. The van der Waals surface area contributed by atoms with E-state index in [1.165, 1.54) is 12.1 Å². The first kappa shape index (κ1) is 15.8. The smallest absolute Gasteiger partial charge is 0.169 e. The van der Waals surface area contributed by atoms with Crippen molar-refractivity contribution in [2.75, 3.05) is 33.2 Å². The zero-order chi connectivity index (χ0) is 15.9. The molecule has 6 heteroatoms. The van der Waals surface area contributed by atoms with Crippen LogP contribution < -0.4 is 5.32 Å². The Morgan fingerprint density at radius 1 is 1.14 bits per heavy atom. The van der Waals surface area contributed by atoms with Crippen molar-refractivity contribution in [2.45, 2.75) is 6.54 Å². The van der Waals surface area contributed by atoms with Gasteiger partial charge >= 0.3 is 0 Å². The molecule has 1 aliphatic rings. The quantitative estimate of drug-likeness (QED) is 0.852. The summed E-state index contributed by atoms with van der Waals surface area (Å²) in [5.74, 6) is 0.365. The molecule has 114 valence electrons. The van der Waals surface area contributed by atoms with Gasteiger partial charge in [-0.1, -0.05) is 12.1 Å². The Hall–Kier alpha value is -2.57. The normalized spacial score (nSPS) is 14.8. The number of benzene rings is 1. The summed E-state index contributed by atoms with van der Waals surface area (Å²) in [6.07, 6.45) is 0. The number of allylic oxidation sites excluding steroid dienone is 1. The second kappa shape index (κ2) is 7.44. The molecule has 1 saturated heterocycles. The summed E-state index contributed by atoms with van der Waals surface area (Å²) >= 11 is 0. The van der Waals surface area contributed by atoms with Gasteiger partial charge in [-0.2, -0.15) is 10.5 Å². The van der Waals surface area contributed by atoms with E-state index in [4.69, 9.17) is 10.5 Å². The molecule has 1 aromatic rings. The van der Waals surface area contributed by atoms with Gasteiger partial charge in [0.2, 0.25) is 0 Å². The summed E-state index contributed by atoms with van der Waals surface area (Å²) in [7, 11) is 1.72. The Bertz CT molecular complexity index is 599. The van der Waals surface area contributed by atoms with Crippen molar-refractivity contribution in [1.82, 2.24) is 15.1 Å². The molecule has 0 aromatic heterocycles. The van der Waals surface area contributed by atoms with Crippen LogP contribution in [0, 0.1) is 28.5 Å². The summed E-state index contributed by atoms with van der Waals surface area (Å²) in [4.78, 5) is 4.29. The molecular formula is C16H18FN5. The second-order valence-electron chi connectivity index (χ2n) is 5.09. The summed E-state index contributed by atoms with van der Waals surface area (Å²) in [5.41, 5.74) is 1.18. The summed E-state index contributed by atoms with van der Waals surface area (Å²) in [5, 5.41) is 20.9. The van der Waals surface area contributed by atoms with E-state index in [-0.39, 0.29) is 11.4 Å². The van der Waals surface area contributed by atoms with Gasteiger partial charge in [-0.25, -0.2) is 4.39 Å². The Labute approximate surface area is 129 Å². The first-order chi connectivity index (χ1) is 10.7. The standard InChI is InChI=1S/C16H18FN5/c1-20-16(14(10-18)11-19)22-8-6-21(7-9-22)12-13-2-4-15(17)5-3-13/h2-5,20H,6-9,12H2,1H3. The molecule has 1 aromatic carbocycles. The largest absolute Gasteiger partial charge is 0.373 e. The third-order valence-corrected chi connectivity index (χ3v) is 3.71. The maximum absolute atomic E-state index is 12.9. The van der Waals surface area contributed by atoms with Crippen LogP contribution in [0.5, 0.6) is 0 Å². The van der Waals surface area contributed by atoms with E-state index < -0.39 is 0 Å². The van der Waals surface area contributed by atoms with E-state index >= 15 is 0 Å². The lowest BCUT2D eigenvalue weighted by atomic mass is 10.2. The third kappa shape index (κ3) is 3.75. The number of piperazine rings is 1. The molecule has 0 unspecified atom stereocenters. The minimum Gasteiger partial charge on any atom is -0.373 e. The number of halogens is 1. The molecule has 0 aliphatic carbocycles. The molecule has 1 fully saturated rings. The van der Waals surface area contributed by atoms with E-state index in [0.717, 1.165) is 38.3 Å². The minimum absolute atomic E-state index is 0.106. The average Bonchev–Trinajstić information content (AvgIpc) is 2.55. The molecule has 0 radical (unpaired) electrons. The summed E-state index contributed by atoms with van der Waals surface area (Å²) in [6.45, 7) is 3.91. The molecule has 0 saturated carbocycles. The number of hydrogen-bond donors (Lipinski definition) is 1. The third-order valence-electron chi connectivity index (χ3n) is 3.71. The molecule has 22 heavy (non-hydrogen) atoms. The highest BCUT2D eigenvalue weighted by Crippen LogP contribution is 2.13. The van der Waals surface area contributed by atoms with E-state index in [9.17, 15) is 4.39 Å². The highest BCUT2D eigenvalue weighted by molar-refractivity contribution is 5.39. The topological polar surface area (TPSA) is 66.1 Å². The molecular weight excluding hydrogens is 281 g/mol. The van der Waals surface area contributed by atoms with E-state index in [1.807, 2.05) is 17.0 Å². The van der Waals surface area contributed by atoms with Crippen molar-refractivity contribution in [2.24, 2.45) is 0 Å². The molecule has 2 rings (SSSR count). The lowest BCUT2D eigenvalue weighted by molar-refractivity contribution is 0.147. The predicted octanol–water partition coefficient (Wildman–Crippen LogP) is 1.42. The van der Waals surface area contributed by atoms with Gasteiger partial charge < -0.3 is 10.2 Å². The van der Waals surface area contributed by atoms with Crippen LogP contribution in [0.1, 0.15) is 5.56 Å². The Morgan fingerprint density at radius 2 is 1.73 bits per heavy atom. The fourth-order valence-electron chi connectivity index (χ4n) is 2.55. The van der Waals surface area contributed by atoms with Crippen molar-refractivity contribution in [3.63, 3.8) is 0 Å². The maximum Gasteiger partial charge on any atom is 0.169 e. The minimum atomic E-state index is -0.224. The van der Waals surface area contributed by atoms with Crippen LogP contribution >= 0.6 is 0 Å². The van der Waals surface area contributed by atoms with E-state index in [1.54, 1.807) is 19.2 Å². The molecule has 1 heterocycles. The first-order valence-corrected chi connectivity index (χ1v) is 7.12. The number of nitrogens with zero attached hydrogens (tertiary/aromatic N) is 4. The fraction of sp³-hybridized carbons (Fsp3) is 0.375. The Morgan fingerprint density at radius 3 is 2.23 bits per heavy atom. The lowest BCUT2D eigenvalue weighted by Crippen LogP contribution is -2.47. The monoisotopic (exact) mass is 299 g/mol. The van der Waals surface area contributed by atoms with Crippen LogP contribution in [0.4, 0.5) is 4.39 Å². The Kier molecular flexibility index (Phi) is 5.35. The molecule has 0 atom stereocenters. The van der Waals surface area contributed by atoms with Gasteiger partial charge in [0.1, 0.15) is 23.8 Å². The van der Waals surface area contributed by atoms with Gasteiger partial charge in [-0.3, -0.25) is 4.90 Å². The van der Waals surface area contributed by atoms with Crippen molar-refractivity contribution < 1.29 is 4.39 Å². The fourth-order valence-corrected chi connectivity index (χ4v) is 2.55. The van der Waals surface area contributed by atoms with Gasteiger partial charge in [0, 0.05) is 39.8 Å². The lowest BCUT2D eigenvalue weighted by Gasteiger charge is -2.37. The molecule has 0 amide bonds. The highest BCUT2D eigenvalue weighted by Gasteiger charge is 2.20. The second-order valence-corrected chi connectivity index (χ2v) is 5.09. The van der Waals surface area contributed by atoms with Crippen molar-refractivity contribution in [3.05, 3.63) is 47.0 Å². The van der Waals surface area contributed by atoms with E-state index in [2.05, 4.69) is 10.2 Å². The van der Waals surface area contributed by atoms with Crippen molar-refractivity contribution in [3.8, 4) is 12.1 Å². The van der Waals surface area contributed by atoms with Crippen molar-refractivity contribution >= 4 is 0 Å². The molecule has 0 bridgehead atoms. The van der Waals surface area contributed by atoms with Crippen LogP contribution in [0.3, 0.4) is 0 Å². The van der Waals surface area contributed by atoms with E-state index in [0.29, 0.717) is 5.82 Å². The predicted molar refractivity (Wildman–Crippen MR) is 80.6 cm³/mol. The zero-order valence-electron chi connectivity index (χ0n) is 12.5. The van der Waals surface area contributed by atoms with Gasteiger partial charge in [-0.05, 0) is 17.7 Å².